The molecule has 32 heavy (non-hydrogen) atoms. The zero-order valence-electron chi connectivity index (χ0n) is 17.0. The van der Waals surface area contributed by atoms with Crippen LogP contribution in [-0.2, 0) is 14.8 Å². The summed E-state index contributed by atoms with van der Waals surface area (Å²) < 4.78 is 39.7. The molecule has 0 aromatic heterocycles. The van der Waals surface area contributed by atoms with Crippen molar-refractivity contribution in [2.75, 3.05) is 39.4 Å². The molecule has 0 saturated heterocycles. The molecular formula is C22H21IN2O6S. The first-order valence-corrected chi connectivity index (χ1v) is 12.7. The average molecular weight is 568 g/mol. The molecule has 0 fully saturated rings. The van der Waals surface area contributed by atoms with Crippen LogP contribution in [0.3, 0.4) is 0 Å². The van der Waals surface area contributed by atoms with E-state index in [0.29, 0.717) is 43.4 Å². The van der Waals surface area contributed by atoms with E-state index in [1.807, 2.05) is 6.07 Å². The molecule has 5 rings (SSSR count). The van der Waals surface area contributed by atoms with Gasteiger partial charge in [0.25, 0.3) is 5.91 Å². The Balaban J connectivity index is 1.26. The van der Waals surface area contributed by atoms with Crippen LogP contribution in [0.2, 0.25) is 0 Å². The van der Waals surface area contributed by atoms with Crippen molar-refractivity contribution >= 4 is 38.5 Å². The number of benzene rings is 2. The van der Waals surface area contributed by atoms with Gasteiger partial charge in [0.1, 0.15) is 13.2 Å². The van der Waals surface area contributed by atoms with Crippen molar-refractivity contribution < 1.29 is 27.8 Å². The predicted octanol–water partition coefficient (Wildman–Crippen LogP) is 1.94. The topological polar surface area (TPSA) is 96.4 Å². The fourth-order valence-corrected chi connectivity index (χ4v) is 6.21. The minimum Gasteiger partial charge on any atom is -0.486 e. The first-order valence-electron chi connectivity index (χ1n) is 10.1. The van der Waals surface area contributed by atoms with E-state index >= 15 is 0 Å². The number of aliphatic hydroxyl groups is 1. The maximum absolute atomic E-state index is 13.2. The van der Waals surface area contributed by atoms with Crippen molar-refractivity contribution in [2.24, 2.45) is 0 Å². The number of hydrogen-bond donors (Lipinski definition) is 1. The van der Waals surface area contributed by atoms with Gasteiger partial charge in [-0.05, 0) is 63.6 Å². The Morgan fingerprint density at radius 3 is 2.34 bits per heavy atom. The van der Waals surface area contributed by atoms with E-state index in [1.54, 1.807) is 29.2 Å². The molecule has 0 radical (unpaired) electrons. The van der Waals surface area contributed by atoms with Crippen molar-refractivity contribution in [3.05, 3.63) is 62.7 Å². The molecule has 0 bridgehead atoms. The van der Waals surface area contributed by atoms with Crippen molar-refractivity contribution in [3.63, 3.8) is 0 Å². The lowest BCUT2D eigenvalue weighted by Gasteiger charge is -2.25. The quantitative estimate of drug-likeness (QED) is 0.448. The van der Waals surface area contributed by atoms with Gasteiger partial charge in [0, 0.05) is 35.8 Å². The van der Waals surface area contributed by atoms with Gasteiger partial charge in [-0.15, -0.1) is 0 Å². The van der Waals surface area contributed by atoms with Crippen molar-refractivity contribution in [3.8, 4) is 11.5 Å². The SMILES string of the molecule is O=C(C(O)c1cccc(I)c1)N1CC2=C(C1)CN(S(=O)(=O)c1ccc3c(c1)OCCO3)C2. The van der Waals surface area contributed by atoms with E-state index in [0.717, 1.165) is 14.7 Å². The highest BCUT2D eigenvalue weighted by atomic mass is 127. The number of carbonyl (C=O) groups is 1. The van der Waals surface area contributed by atoms with Crippen molar-refractivity contribution in [1.29, 1.82) is 0 Å². The molecule has 0 aliphatic carbocycles. The summed E-state index contributed by atoms with van der Waals surface area (Å²) in [7, 11) is -3.71. The summed E-state index contributed by atoms with van der Waals surface area (Å²) in [6.07, 6.45) is -1.23. The summed E-state index contributed by atoms with van der Waals surface area (Å²) in [5, 5.41) is 10.5. The summed E-state index contributed by atoms with van der Waals surface area (Å²) in [6.45, 7) is 1.93. The van der Waals surface area contributed by atoms with Gasteiger partial charge >= 0.3 is 0 Å². The van der Waals surface area contributed by atoms with Crippen LogP contribution in [0.1, 0.15) is 11.7 Å². The van der Waals surface area contributed by atoms with Crippen LogP contribution in [0.25, 0.3) is 0 Å². The molecule has 1 N–H and O–H groups in total. The molecule has 1 atom stereocenters. The predicted molar refractivity (Wildman–Crippen MR) is 124 cm³/mol. The number of rotatable bonds is 4. The first-order chi connectivity index (χ1) is 15.3. The normalized spacial score (nSPS) is 19.2. The Labute approximate surface area is 199 Å². The van der Waals surface area contributed by atoms with Crippen LogP contribution in [0.4, 0.5) is 0 Å². The lowest BCUT2D eigenvalue weighted by Crippen LogP contribution is -2.38. The van der Waals surface area contributed by atoms with Gasteiger partial charge in [0.15, 0.2) is 17.6 Å². The maximum atomic E-state index is 13.2. The molecule has 3 heterocycles. The fourth-order valence-electron chi connectivity index (χ4n) is 4.20. The van der Waals surface area contributed by atoms with Crippen LogP contribution in [0, 0.1) is 3.57 Å². The monoisotopic (exact) mass is 568 g/mol. The standard InChI is InChI=1S/C22H21IN2O6S/c23-17-3-1-2-14(8-17)21(26)22(27)24-10-15-12-25(13-16(15)11-24)32(28,29)18-4-5-19-20(9-18)31-7-6-30-19/h1-5,8-9,21,26H,6-7,10-13H2. The van der Waals surface area contributed by atoms with Gasteiger partial charge in [-0.25, -0.2) is 8.42 Å². The van der Waals surface area contributed by atoms with Crippen molar-refractivity contribution in [1.82, 2.24) is 9.21 Å². The number of amides is 1. The van der Waals surface area contributed by atoms with E-state index in [1.165, 1.54) is 16.4 Å². The second-order valence-electron chi connectivity index (χ2n) is 7.94. The Kier molecular flexibility index (Phi) is 5.64. The third-order valence-electron chi connectivity index (χ3n) is 5.86. The highest BCUT2D eigenvalue weighted by molar-refractivity contribution is 14.1. The largest absolute Gasteiger partial charge is 0.486 e. The molecule has 1 amide bonds. The first kappa shape index (κ1) is 21.7. The van der Waals surface area contributed by atoms with Gasteiger partial charge in [-0.1, -0.05) is 12.1 Å². The van der Waals surface area contributed by atoms with E-state index in [-0.39, 0.29) is 23.9 Å². The van der Waals surface area contributed by atoms with Gasteiger partial charge in [0.05, 0.1) is 4.90 Å². The van der Waals surface area contributed by atoms with Crippen LogP contribution < -0.4 is 9.47 Å². The Bertz CT molecular complexity index is 1210. The third kappa shape index (κ3) is 3.89. The van der Waals surface area contributed by atoms with E-state index in [4.69, 9.17) is 9.47 Å². The maximum Gasteiger partial charge on any atom is 0.256 e. The van der Waals surface area contributed by atoms with Crippen LogP contribution >= 0.6 is 22.6 Å². The van der Waals surface area contributed by atoms with E-state index in [9.17, 15) is 18.3 Å². The van der Waals surface area contributed by atoms with Crippen molar-refractivity contribution in [2.45, 2.75) is 11.0 Å². The molecule has 2 aromatic rings. The number of nitrogens with zero attached hydrogens (tertiary/aromatic N) is 2. The van der Waals surface area contributed by atoms with Gasteiger partial charge < -0.3 is 19.5 Å². The Morgan fingerprint density at radius 1 is 0.969 bits per heavy atom. The second kappa shape index (κ2) is 8.32. The Hall–Kier alpha value is -2.15. The molecule has 0 spiro atoms. The summed E-state index contributed by atoms with van der Waals surface area (Å²) >= 11 is 2.14. The molecular weight excluding hydrogens is 547 g/mol. The van der Waals surface area contributed by atoms with E-state index in [2.05, 4.69) is 22.6 Å². The minimum atomic E-state index is -3.71. The number of sulfonamides is 1. The third-order valence-corrected chi connectivity index (χ3v) is 8.32. The molecule has 2 aromatic carbocycles. The summed E-state index contributed by atoms with van der Waals surface area (Å²) in [5.74, 6) is 0.596. The molecule has 3 aliphatic heterocycles. The lowest BCUT2D eigenvalue weighted by atomic mass is 10.1. The number of aliphatic hydroxyl groups excluding tert-OH is 1. The summed E-state index contributed by atoms with van der Waals surface area (Å²) in [6, 6.07) is 11.8. The van der Waals surface area contributed by atoms with Crippen LogP contribution in [0.15, 0.2) is 58.5 Å². The molecule has 1 unspecified atom stereocenters. The molecule has 10 heteroatoms. The summed E-state index contributed by atoms with van der Waals surface area (Å²) in [4.78, 5) is 14.6. The molecule has 0 saturated carbocycles. The fraction of sp³-hybridized carbons (Fsp3) is 0.318. The van der Waals surface area contributed by atoms with E-state index < -0.39 is 16.1 Å². The number of carbonyl (C=O) groups excluding carboxylic acids is 1. The zero-order chi connectivity index (χ0) is 22.5. The minimum absolute atomic E-state index is 0.157. The number of halogens is 1. The lowest BCUT2D eigenvalue weighted by molar-refractivity contribution is -0.139. The molecule has 8 nitrogen and oxygen atoms in total. The molecule has 168 valence electrons. The average Bonchev–Trinajstić information content (AvgIpc) is 3.38. The zero-order valence-corrected chi connectivity index (χ0v) is 20.0. The van der Waals surface area contributed by atoms with Crippen LogP contribution in [0.5, 0.6) is 11.5 Å². The Morgan fingerprint density at radius 2 is 1.66 bits per heavy atom. The van der Waals surface area contributed by atoms with Gasteiger partial charge in [0.2, 0.25) is 10.0 Å². The second-order valence-corrected chi connectivity index (χ2v) is 11.1. The van der Waals surface area contributed by atoms with Gasteiger partial charge in [-0.2, -0.15) is 4.31 Å². The molecule has 3 aliphatic rings. The number of ether oxygens (including phenoxy) is 2. The highest BCUT2D eigenvalue weighted by Crippen LogP contribution is 2.36. The number of hydrogen-bond acceptors (Lipinski definition) is 6. The van der Waals surface area contributed by atoms with Gasteiger partial charge in [-0.3, -0.25) is 4.79 Å². The highest BCUT2D eigenvalue weighted by Gasteiger charge is 2.39. The number of fused-ring (bicyclic) bond motifs is 1. The van der Waals surface area contributed by atoms with Crippen LogP contribution in [-0.4, -0.2) is 68.0 Å². The smallest absolute Gasteiger partial charge is 0.256 e. The summed E-state index contributed by atoms with van der Waals surface area (Å²) in [5.41, 5.74) is 2.38.